The third-order valence-corrected chi connectivity index (χ3v) is 2.92. The fraction of sp³-hybridized carbons (Fsp3) is 0.100. The maximum absolute atomic E-state index is 10.9. The van der Waals surface area contributed by atoms with Crippen LogP contribution in [0, 0.1) is 10.1 Å². The number of halogens is 1. The van der Waals surface area contributed by atoms with E-state index in [1.54, 1.807) is 24.4 Å². The first-order chi connectivity index (χ1) is 8.13. The Kier molecular flexibility index (Phi) is 3.21. The second-order valence-corrected chi connectivity index (χ2v) is 4.17. The molecule has 0 saturated carbocycles. The average molecular weight is 297 g/mol. The van der Waals surface area contributed by atoms with Crippen LogP contribution in [0.25, 0.3) is 5.69 Å². The predicted molar refractivity (Wildman–Crippen MR) is 65.8 cm³/mol. The van der Waals surface area contributed by atoms with Gasteiger partial charge in [-0.3, -0.25) is 10.1 Å². The van der Waals surface area contributed by atoms with E-state index in [9.17, 15) is 10.1 Å². The molecule has 0 amide bonds. The quantitative estimate of drug-likeness (QED) is 0.693. The molecular formula is C10H9BrN4O2. The van der Waals surface area contributed by atoms with E-state index in [4.69, 9.17) is 5.73 Å². The zero-order chi connectivity index (χ0) is 12.4. The maximum atomic E-state index is 10.9. The summed E-state index contributed by atoms with van der Waals surface area (Å²) in [6, 6.07) is 6.41. The zero-order valence-electron chi connectivity index (χ0n) is 8.71. The lowest BCUT2D eigenvalue weighted by molar-refractivity contribution is -0.384. The molecule has 0 unspecified atom stereocenters. The van der Waals surface area contributed by atoms with E-state index in [1.807, 2.05) is 0 Å². The van der Waals surface area contributed by atoms with Crippen molar-refractivity contribution in [3.8, 4) is 5.69 Å². The van der Waals surface area contributed by atoms with Crippen molar-refractivity contribution in [1.82, 2.24) is 9.78 Å². The van der Waals surface area contributed by atoms with Crippen LogP contribution >= 0.6 is 15.9 Å². The van der Waals surface area contributed by atoms with Gasteiger partial charge in [0.25, 0.3) is 5.69 Å². The summed E-state index contributed by atoms with van der Waals surface area (Å²) in [6.07, 6.45) is 1.66. The molecule has 1 aromatic heterocycles. The minimum Gasteiger partial charge on any atom is -0.325 e. The second-order valence-electron chi connectivity index (χ2n) is 3.32. The van der Waals surface area contributed by atoms with Crippen molar-refractivity contribution in [3.05, 3.63) is 50.7 Å². The van der Waals surface area contributed by atoms with Crippen molar-refractivity contribution in [3.63, 3.8) is 0 Å². The van der Waals surface area contributed by atoms with Gasteiger partial charge in [-0.05, 0) is 22.0 Å². The van der Waals surface area contributed by atoms with Crippen LogP contribution in [-0.2, 0) is 6.54 Å². The first kappa shape index (κ1) is 11.7. The summed E-state index contributed by atoms with van der Waals surface area (Å²) < 4.78 is 2.18. The minimum atomic E-state index is -0.437. The molecule has 1 heterocycles. The Morgan fingerprint density at radius 3 is 2.76 bits per heavy atom. The monoisotopic (exact) mass is 296 g/mol. The minimum absolute atomic E-state index is 0.00562. The molecule has 1 aromatic carbocycles. The number of para-hydroxylation sites is 2. The van der Waals surface area contributed by atoms with Gasteiger partial charge >= 0.3 is 0 Å². The maximum Gasteiger partial charge on any atom is 0.294 e. The molecule has 17 heavy (non-hydrogen) atoms. The normalized spacial score (nSPS) is 10.5. The van der Waals surface area contributed by atoms with E-state index >= 15 is 0 Å². The Balaban J connectivity index is 2.56. The van der Waals surface area contributed by atoms with Gasteiger partial charge in [0.1, 0.15) is 5.69 Å². The van der Waals surface area contributed by atoms with E-state index < -0.39 is 4.92 Å². The lowest BCUT2D eigenvalue weighted by atomic mass is 10.3. The summed E-state index contributed by atoms with van der Waals surface area (Å²) >= 11 is 3.30. The van der Waals surface area contributed by atoms with Crippen LogP contribution in [0.5, 0.6) is 0 Å². The smallest absolute Gasteiger partial charge is 0.294 e. The summed E-state index contributed by atoms with van der Waals surface area (Å²) in [7, 11) is 0. The van der Waals surface area contributed by atoms with Crippen LogP contribution in [-0.4, -0.2) is 14.7 Å². The molecule has 0 aliphatic carbocycles. The van der Waals surface area contributed by atoms with Crippen molar-refractivity contribution < 1.29 is 4.92 Å². The first-order valence-corrected chi connectivity index (χ1v) is 5.60. The van der Waals surface area contributed by atoms with E-state index in [-0.39, 0.29) is 12.2 Å². The summed E-state index contributed by atoms with van der Waals surface area (Å²) in [5.74, 6) is 0. The molecule has 2 N–H and O–H groups in total. The molecule has 0 bridgehead atoms. The number of nitro groups is 1. The van der Waals surface area contributed by atoms with Gasteiger partial charge in [-0.25, -0.2) is 4.68 Å². The molecule has 0 fully saturated rings. The fourth-order valence-corrected chi connectivity index (χ4v) is 1.90. The number of rotatable bonds is 3. The lowest BCUT2D eigenvalue weighted by Gasteiger charge is -2.01. The van der Waals surface area contributed by atoms with E-state index in [1.165, 1.54) is 10.7 Å². The molecule has 2 aromatic rings. The lowest BCUT2D eigenvalue weighted by Crippen LogP contribution is -2.03. The van der Waals surface area contributed by atoms with Gasteiger partial charge in [-0.2, -0.15) is 5.10 Å². The number of hydrogen-bond donors (Lipinski definition) is 1. The molecule has 0 spiro atoms. The van der Waals surface area contributed by atoms with Crippen LogP contribution < -0.4 is 5.73 Å². The van der Waals surface area contributed by atoms with E-state index in [0.717, 1.165) is 4.47 Å². The van der Waals surface area contributed by atoms with Crippen molar-refractivity contribution in [2.45, 2.75) is 6.54 Å². The van der Waals surface area contributed by atoms with Crippen molar-refractivity contribution >= 4 is 21.6 Å². The van der Waals surface area contributed by atoms with Gasteiger partial charge in [0.05, 0.1) is 15.1 Å². The standard InChI is InChI=1S/C10H9BrN4O2/c11-7-6-14(13-8(7)5-12)9-3-1-2-4-10(9)15(16)17/h1-4,6H,5,12H2. The number of hydrogen-bond acceptors (Lipinski definition) is 4. The van der Waals surface area contributed by atoms with E-state index in [0.29, 0.717) is 11.4 Å². The SMILES string of the molecule is NCc1nn(-c2ccccc2[N+](=O)[O-])cc1Br. The van der Waals surface area contributed by atoms with Gasteiger partial charge in [-0.1, -0.05) is 12.1 Å². The highest BCUT2D eigenvalue weighted by molar-refractivity contribution is 9.10. The van der Waals surface area contributed by atoms with Crippen LogP contribution in [0.4, 0.5) is 5.69 Å². The van der Waals surface area contributed by atoms with Crippen LogP contribution in [0.1, 0.15) is 5.69 Å². The molecule has 6 nitrogen and oxygen atoms in total. The Hall–Kier alpha value is -1.73. The average Bonchev–Trinajstić information content (AvgIpc) is 2.70. The number of benzene rings is 1. The number of nitrogens with two attached hydrogens (primary N) is 1. The Morgan fingerprint density at radius 1 is 1.47 bits per heavy atom. The third-order valence-electron chi connectivity index (χ3n) is 2.26. The fourth-order valence-electron chi connectivity index (χ4n) is 1.46. The van der Waals surface area contributed by atoms with Crippen molar-refractivity contribution in [2.24, 2.45) is 5.73 Å². The van der Waals surface area contributed by atoms with Crippen LogP contribution in [0.15, 0.2) is 34.9 Å². The predicted octanol–water partition coefficient (Wildman–Crippen LogP) is 2.00. The molecule has 0 aliphatic rings. The highest BCUT2D eigenvalue weighted by Gasteiger charge is 2.16. The molecule has 0 atom stereocenters. The molecule has 0 saturated heterocycles. The van der Waals surface area contributed by atoms with Crippen LogP contribution in [0.2, 0.25) is 0 Å². The van der Waals surface area contributed by atoms with Gasteiger partial charge in [0.2, 0.25) is 0 Å². The topological polar surface area (TPSA) is 87.0 Å². The first-order valence-electron chi connectivity index (χ1n) is 4.81. The molecule has 2 rings (SSSR count). The summed E-state index contributed by atoms with van der Waals surface area (Å²) in [5.41, 5.74) is 6.58. The summed E-state index contributed by atoms with van der Waals surface area (Å²) in [4.78, 5) is 10.4. The second kappa shape index (κ2) is 4.64. The Bertz CT molecular complexity index is 567. The van der Waals surface area contributed by atoms with Crippen molar-refractivity contribution in [1.29, 1.82) is 0 Å². The van der Waals surface area contributed by atoms with Gasteiger partial charge in [0, 0.05) is 18.8 Å². The van der Waals surface area contributed by atoms with Crippen LogP contribution in [0.3, 0.4) is 0 Å². The Morgan fingerprint density at radius 2 is 2.18 bits per heavy atom. The number of nitro benzene ring substituents is 1. The van der Waals surface area contributed by atoms with E-state index in [2.05, 4.69) is 21.0 Å². The Labute approximate surface area is 105 Å². The van der Waals surface area contributed by atoms with Gasteiger partial charge in [0.15, 0.2) is 0 Å². The van der Waals surface area contributed by atoms with Gasteiger partial charge in [-0.15, -0.1) is 0 Å². The molecule has 7 heteroatoms. The third kappa shape index (κ3) is 2.20. The number of nitrogens with zero attached hydrogens (tertiary/aromatic N) is 3. The summed E-state index contributed by atoms with van der Waals surface area (Å²) in [5, 5.41) is 15.1. The number of aromatic nitrogens is 2. The summed E-state index contributed by atoms with van der Waals surface area (Å²) in [6.45, 7) is 0.272. The zero-order valence-corrected chi connectivity index (χ0v) is 10.3. The highest BCUT2D eigenvalue weighted by atomic mass is 79.9. The molecule has 88 valence electrons. The highest BCUT2D eigenvalue weighted by Crippen LogP contribution is 2.24. The largest absolute Gasteiger partial charge is 0.325 e. The van der Waals surface area contributed by atoms with Gasteiger partial charge < -0.3 is 5.73 Å². The van der Waals surface area contributed by atoms with Crippen molar-refractivity contribution in [2.75, 3.05) is 0 Å². The molecule has 0 aliphatic heterocycles. The molecular weight excluding hydrogens is 288 g/mol. The molecule has 0 radical (unpaired) electrons.